The summed E-state index contributed by atoms with van der Waals surface area (Å²) in [5.74, 6) is -1.60. The van der Waals surface area contributed by atoms with Crippen molar-refractivity contribution in [1.82, 2.24) is 24.2 Å². The van der Waals surface area contributed by atoms with E-state index in [0.717, 1.165) is 27.0 Å². The van der Waals surface area contributed by atoms with Gasteiger partial charge in [-0.3, -0.25) is 19.0 Å². The lowest BCUT2D eigenvalue weighted by molar-refractivity contribution is 0.0960. The number of aryl methyl sites for hydroxylation is 1. The normalized spacial score (nSPS) is 11.1. The van der Waals surface area contributed by atoms with Crippen molar-refractivity contribution in [3.8, 4) is 10.8 Å². The molecule has 0 saturated heterocycles. The SMILES string of the molecule is COc1ccccc1C(=O)N(C)n1c(=O)c2c(C)c(-n3nccn3)sc2n(CC(=O)c2cccc(F)c2)c1=O. The molecule has 13 heteroatoms. The summed E-state index contributed by atoms with van der Waals surface area (Å²) in [4.78, 5) is 55.7. The number of halogens is 1. The number of rotatable bonds is 7. The Morgan fingerprint density at radius 2 is 1.79 bits per heavy atom. The highest BCUT2D eigenvalue weighted by atomic mass is 32.1. The molecule has 0 spiro atoms. The van der Waals surface area contributed by atoms with Crippen molar-refractivity contribution in [2.24, 2.45) is 0 Å². The first-order chi connectivity index (χ1) is 18.7. The lowest BCUT2D eigenvalue weighted by Gasteiger charge is -2.21. The largest absolute Gasteiger partial charge is 0.496 e. The van der Waals surface area contributed by atoms with E-state index in [1.807, 2.05) is 0 Å². The molecule has 0 N–H and O–H groups in total. The smallest absolute Gasteiger partial charge is 0.352 e. The Kier molecular flexibility index (Phi) is 6.66. The van der Waals surface area contributed by atoms with Gasteiger partial charge in [-0.2, -0.15) is 14.9 Å². The molecule has 39 heavy (non-hydrogen) atoms. The molecule has 0 unspecified atom stereocenters. The number of para-hydroxylation sites is 1. The summed E-state index contributed by atoms with van der Waals surface area (Å²) in [6.07, 6.45) is 2.92. The molecule has 0 bridgehead atoms. The molecule has 0 saturated carbocycles. The van der Waals surface area contributed by atoms with Crippen LogP contribution in [0, 0.1) is 12.7 Å². The molecule has 3 aromatic heterocycles. The van der Waals surface area contributed by atoms with Crippen LogP contribution in [0.5, 0.6) is 5.75 Å². The molecule has 3 heterocycles. The molecule has 0 atom stereocenters. The Labute approximate surface area is 223 Å². The van der Waals surface area contributed by atoms with Gasteiger partial charge in [0.1, 0.15) is 21.4 Å². The summed E-state index contributed by atoms with van der Waals surface area (Å²) in [5.41, 5.74) is -1.06. The highest BCUT2D eigenvalue weighted by Gasteiger charge is 2.27. The van der Waals surface area contributed by atoms with Gasteiger partial charge in [0.25, 0.3) is 11.5 Å². The quantitative estimate of drug-likeness (QED) is 0.287. The van der Waals surface area contributed by atoms with Crippen molar-refractivity contribution in [2.75, 3.05) is 19.2 Å². The molecule has 0 radical (unpaired) electrons. The molecule has 0 aliphatic carbocycles. The second kappa shape index (κ2) is 10.1. The summed E-state index contributed by atoms with van der Waals surface area (Å²) in [7, 11) is 2.68. The number of ketones is 1. The van der Waals surface area contributed by atoms with E-state index in [0.29, 0.717) is 15.2 Å². The van der Waals surface area contributed by atoms with Gasteiger partial charge in [-0.15, -0.1) is 4.80 Å². The third-order valence-electron chi connectivity index (χ3n) is 6.15. The third kappa shape index (κ3) is 4.42. The molecule has 2 aromatic carbocycles. The molecule has 0 aliphatic rings. The summed E-state index contributed by atoms with van der Waals surface area (Å²) in [5, 5.41) is 9.69. The molecule has 11 nitrogen and oxygen atoms in total. The first kappa shape index (κ1) is 25.7. The van der Waals surface area contributed by atoms with Gasteiger partial charge in [0.2, 0.25) is 0 Å². The first-order valence-electron chi connectivity index (χ1n) is 11.6. The number of fused-ring (bicyclic) bond motifs is 1. The fourth-order valence-corrected chi connectivity index (χ4v) is 5.43. The molecular weight excluding hydrogens is 527 g/mol. The molecule has 198 valence electrons. The van der Waals surface area contributed by atoms with Crippen LogP contribution in [0.3, 0.4) is 0 Å². The maximum absolute atomic E-state index is 13.8. The predicted octanol–water partition coefficient (Wildman–Crippen LogP) is 2.55. The summed E-state index contributed by atoms with van der Waals surface area (Å²) in [6, 6.07) is 11.5. The van der Waals surface area contributed by atoms with E-state index in [-0.39, 0.29) is 27.1 Å². The zero-order valence-electron chi connectivity index (χ0n) is 21.0. The maximum Gasteiger partial charge on any atom is 0.352 e. The Balaban J connectivity index is 1.74. The van der Waals surface area contributed by atoms with E-state index in [1.165, 1.54) is 55.6 Å². The van der Waals surface area contributed by atoms with Crippen LogP contribution in [0.15, 0.2) is 70.5 Å². The highest BCUT2D eigenvalue weighted by Crippen LogP contribution is 2.30. The number of methoxy groups -OCH3 is 1. The lowest BCUT2D eigenvalue weighted by atomic mass is 10.1. The van der Waals surface area contributed by atoms with Crippen molar-refractivity contribution in [2.45, 2.75) is 13.5 Å². The van der Waals surface area contributed by atoms with E-state index in [2.05, 4.69) is 10.2 Å². The van der Waals surface area contributed by atoms with Gasteiger partial charge in [-0.05, 0) is 31.2 Å². The van der Waals surface area contributed by atoms with Crippen LogP contribution >= 0.6 is 11.3 Å². The number of hydrogen-bond donors (Lipinski definition) is 0. The van der Waals surface area contributed by atoms with E-state index in [4.69, 9.17) is 4.74 Å². The number of carbonyl (C=O) groups is 2. The Morgan fingerprint density at radius 3 is 2.49 bits per heavy atom. The number of nitrogens with zero attached hydrogens (tertiary/aromatic N) is 6. The van der Waals surface area contributed by atoms with Gasteiger partial charge in [0, 0.05) is 18.2 Å². The van der Waals surface area contributed by atoms with Gasteiger partial charge in [-0.1, -0.05) is 35.6 Å². The second-order valence-electron chi connectivity index (χ2n) is 8.48. The lowest BCUT2D eigenvalue weighted by Crippen LogP contribution is -2.53. The Bertz CT molecular complexity index is 1860. The van der Waals surface area contributed by atoms with Crippen molar-refractivity contribution in [1.29, 1.82) is 0 Å². The van der Waals surface area contributed by atoms with Crippen molar-refractivity contribution in [3.05, 3.63) is 104 Å². The number of carbonyl (C=O) groups excluding carboxylic acids is 2. The van der Waals surface area contributed by atoms with Crippen LogP contribution in [0.4, 0.5) is 4.39 Å². The highest BCUT2D eigenvalue weighted by molar-refractivity contribution is 7.21. The topological polar surface area (TPSA) is 121 Å². The number of aromatic nitrogens is 5. The van der Waals surface area contributed by atoms with Crippen molar-refractivity contribution in [3.63, 3.8) is 0 Å². The van der Waals surface area contributed by atoms with Crippen LogP contribution < -0.4 is 21.0 Å². The van der Waals surface area contributed by atoms with Crippen LogP contribution in [0.2, 0.25) is 0 Å². The van der Waals surface area contributed by atoms with E-state index < -0.39 is 35.3 Å². The van der Waals surface area contributed by atoms with Gasteiger partial charge in [-0.25, -0.2) is 14.2 Å². The van der Waals surface area contributed by atoms with Crippen LogP contribution in [-0.4, -0.2) is 50.1 Å². The number of thiophene rings is 1. The number of benzene rings is 2. The minimum absolute atomic E-state index is 0.0495. The maximum atomic E-state index is 13.8. The summed E-state index contributed by atoms with van der Waals surface area (Å²) in [6.45, 7) is 1.15. The van der Waals surface area contributed by atoms with Crippen molar-refractivity contribution >= 4 is 33.2 Å². The van der Waals surface area contributed by atoms with Gasteiger partial charge >= 0.3 is 5.69 Å². The van der Waals surface area contributed by atoms with Crippen LogP contribution in [0.25, 0.3) is 15.2 Å². The monoisotopic (exact) mass is 548 g/mol. The summed E-state index contributed by atoms with van der Waals surface area (Å²) >= 11 is 1.05. The molecule has 5 rings (SSSR count). The zero-order chi connectivity index (χ0) is 27.8. The molecule has 5 aromatic rings. The first-order valence-corrected chi connectivity index (χ1v) is 12.4. The average Bonchev–Trinajstić information content (AvgIpc) is 3.58. The van der Waals surface area contributed by atoms with Gasteiger partial charge in [0.15, 0.2) is 5.78 Å². The fraction of sp³-hybridized carbons (Fsp3) is 0.154. The molecule has 1 amide bonds. The Morgan fingerprint density at radius 1 is 1.08 bits per heavy atom. The second-order valence-corrected chi connectivity index (χ2v) is 9.46. The van der Waals surface area contributed by atoms with Crippen LogP contribution in [0.1, 0.15) is 26.3 Å². The van der Waals surface area contributed by atoms with Crippen LogP contribution in [-0.2, 0) is 6.54 Å². The van der Waals surface area contributed by atoms with E-state index >= 15 is 0 Å². The fourth-order valence-electron chi connectivity index (χ4n) is 4.22. The molecule has 0 aliphatic heterocycles. The van der Waals surface area contributed by atoms with E-state index in [9.17, 15) is 23.6 Å². The molecular formula is C26H21FN6O5S. The molecule has 0 fully saturated rings. The average molecular weight is 549 g/mol. The minimum atomic E-state index is -0.927. The minimum Gasteiger partial charge on any atom is -0.496 e. The number of hydrogen-bond acceptors (Lipinski definition) is 8. The zero-order valence-corrected chi connectivity index (χ0v) is 21.8. The number of amides is 1. The van der Waals surface area contributed by atoms with E-state index in [1.54, 1.807) is 25.1 Å². The number of Topliss-reactive ketones (excluding diaryl/α,β-unsaturated/α-hetero) is 1. The third-order valence-corrected chi connectivity index (χ3v) is 7.43. The predicted molar refractivity (Wildman–Crippen MR) is 142 cm³/mol. The summed E-state index contributed by atoms with van der Waals surface area (Å²) < 4.78 is 20.9. The van der Waals surface area contributed by atoms with Gasteiger partial charge < -0.3 is 4.74 Å². The van der Waals surface area contributed by atoms with Gasteiger partial charge in [0.05, 0.1) is 37.0 Å². The Hall–Kier alpha value is -4.91. The standard InChI is InChI=1S/C26H21FN6O5S/c1-15-21-23(36)32(30(2)22(35)18-9-4-5-10-20(18)38-3)26(37)31(14-19(34)16-7-6-8-17(27)13-16)25(21)39-24(15)33-28-11-12-29-33/h4-13H,14H2,1-3H3. The van der Waals surface area contributed by atoms with Crippen molar-refractivity contribution < 1.29 is 18.7 Å². The number of ether oxygens (including phenoxy) is 1.